The van der Waals surface area contributed by atoms with Crippen molar-refractivity contribution in [1.82, 2.24) is 4.98 Å². The molecule has 1 aliphatic heterocycles. The van der Waals surface area contributed by atoms with Crippen LogP contribution in [0, 0.1) is 11.3 Å². The Balaban J connectivity index is 1.70. The number of pyridine rings is 1. The van der Waals surface area contributed by atoms with Gasteiger partial charge < -0.3 is 9.64 Å². The minimum absolute atomic E-state index is 0.0806. The highest BCUT2D eigenvalue weighted by Gasteiger charge is 2.26. The second kappa shape index (κ2) is 6.02. The molecule has 0 radical (unpaired) electrons. The lowest BCUT2D eigenvalue weighted by atomic mass is 10.2. The van der Waals surface area contributed by atoms with Crippen LogP contribution in [0.25, 0.3) is 0 Å². The molecule has 0 aliphatic carbocycles. The Kier molecular flexibility index (Phi) is 3.94. The maximum absolute atomic E-state index is 9.15. The SMILES string of the molecule is N#Cc1cccnc1N1CCC(Oc2cccc(Cl)c2)C1. The van der Waals surface area contributed by atoms with Crippen LogP contribution in [0.3, 0.4) is 0 Å². The van der Waals surface area contributed by atoms with Crippen molar-refractivity contribution in [3.8, 4) is 11.8 Å². The second-order valence-electron chi connectivity index (χ2n) is 4.92. The summed E-state index contributed by atoms with van der Waals surface area (Å²) in [4.78, 5) is 6.40. The van der Waals surface area contributed by atoms with E-state index < -0.39 is 0 Å². The van der Waals surface area contributed by atoms with E-state index in [1.165, 1.54) is 0 Å². The number of anilines is 1. The lowest BCUT2D eigenvalue weighted by Gasteiger charge is -2.18. The van der Waals surface area contributed by atoms with E-state index in [9.17, 15) is 0 Å². The highest BCUT2D eigenvalue weighted by Crippen LogP contribution is 2.25. The number of hydrogen-bond acceptors (Lipinski definition) is 4. The van der Waals surface area contributed by atoms with Gasteiger partial charge in [-0.05, 0) is 30.3 Å². The summed E-state index contributed by atoms with van der Waals surface area (Å²) in [7, 11) is 0. The lowest BCUT2D eigenvalue weighted by molar-refractivity contribution is 0.225. The Hall–Kier alpha value is -2.25. The van der Waals surface area contributed by atoms with Crippen molar-refractivity contribution in [3.63, 3.8) is 0 Å². The summed E-state index contributed by atoms with van der Waals surface area (Å²) in [6.45, 7) is 1.55. The number of halogens is 1. The second-order valence-corrected chi connectivity index (χ2v) is 5.35. The van der Waals surface area contributed by atoms with Crippen molar-refractivity contribution >= 4 is 17.4 Å². The molecule has 1 unspecified atom stereocenters. The summed E-state index contributed by atoms with van der Waals surface area (Å²) in [5.74, 6) is 1.51. The van der Waals surface area contributed by atoms with Crippen LogP contribution in [-0.4, -0.2) is 24.2 Å². The Morgan fingerprint density at radius 2 is 2.24 bits per heavy atom. The Bertz CT molecular complexity index is 683. The van der Waals surface area contributed by atoms with E-state index in [0.29, 0.717) is 10.6 Å². The zero-order chi connectivity index (χ0) is 14.7. The molecule has 1 aromatic heterocycles. The highest BCUT2D eigenvalue weighted by molar-refractivity contribution is 6.30. The summed E-state index contributed by atoms with van der Waals surface area (Å²) in [5, 5.41) is 9.81. The fourth-order valence-corrected chi connectivity index (χ4v) is 2.67. The lowest BCUT2D eigenvalue weighted by Crippen LogP contribution is -2.25. The van der Waals surface area contributed by atoms with Crippen LogP contribution < -0.4 is 9.64 Å². The highest BCUT2D eigenvalue weighted by atomic mass is 35.5. The van der Waals surface area contributed by atoms with Crippen LogP contribution in [0.15, 0.2) is 42.6 Å². The molecule has 21 heavy (non-hydrogen) atoms. The third-order valence-electron chi connectivity index (χ3n) is 3.45. The van der Waals surface area contributed by atoms with Gasteiger partial charge in [0.15, 0.2) is 0 Å². The monoisotopic (exact) mass is 299 g/mol. The Morgan fingerprint density at radius 3 is 3.05 bits per heavy atom. The van der Waals surface area contributed by atoms with E-state index in [1.54, 1.807) is 18.3 Å². The summed E-state index contributed by atoms with van der Waals surface area (Å²) < 4.78 is 5.94. The van der Waals surface area contributed by atoms with E-state index >= 15 is 0 Å². The van der Waals surface area contributed by atoms with Crippen LogP contribution in [0.2, 0.25) is 5.02 Å². The maximum atomic E-state index is 9.15. The van der Waals surface area contributed by atoms with E-state index in [1.807, 2.05) is 24.3 Å². The van der Waals surface area contributed by atoms with E-state index in [0.717, 1.165) is 31.1 Å². The van der Waals surface area contributed by atoms with E-state index in [2.05, 4.69) is 16.0 Å². The van der Waals surface area contributed by atoms with Crippen molar-refractivity contribution in [2.75, 3.05) is 18.0 Å². The average Bonchev–Trinajstić information content (AvgIpc) is 2.95. The maximum Gasteiger partial charge on any atom is 0.146 e. The van der Waals surface area contributed by atoms with Crippen LogP contribution in [-0.2, 0) is 0 Å². The molecule has 2 aromatic rings. The van der Waals surface area contributed by atoms with Crippen molar-refractivity contribution in [1.29, 1.82) is 5.26 Å². The fourth-order valence-electron chi connectivity index (χ4n) is 2.49. The Labute approximate surface area is 128 Å². The molecule has 5 heteroatoms. The van der Waals surface area contributed by atoms with Gasteiger partial charge in [-0.25, -0.2) is 4.98 Å². The van der Waals surface area contributed by atoms with Gasteiger partial charge >= 0.3 is 0 Å². The minimum Gasteiger partial charge on any atom is -0.488 e. The molecule has 0 N–H and O–H groups in total. The molecule has 3 rings (SSSR count). The third-order valence-corrected chi connectivity index (χ3v) is 3.69. The normalized spacial score (nSPS) is 17.5. The van der Waals surface area contributed by atoms with Crippen LogP contribution in [0.5, 0.6) is 5.75 Å². The summed E-state index contributed by atoms with van der Waals surface area (Å²) in [6, 6.07) is 13.1. The predicted molar refractivity (Wildman–Crippen MR) is 81.7 cm³/mol. The first-order chi connectivity index (χ1) is 10.3. The van der Waals surface area contributed by atoms with Crippen molar-refractivity contribution in [2.45, 2.75) is 12.5 Å². The van der Waals surface area contributed by atoms with Gasteiger partial charge in [0.05, 0.1) is 12.1 Å². The van der Waals surface area contributed by atoms with Gasteiger partial charge in [0.1, 0.15) is 23.7 Å². The van der Waals surface area contributed by atoms with Gasteiger partial charge in [-0.3, -0.25) is 0 Å². The summed E-state index contributed by atoms with van der Waals surface area (Å²) in [6.07, 6.45) is 2.69. The molecule has 1 saturated heterocycles. The van der Waals surface area contributed by atoms with E-state index in [4.69, 9.17) is 21.6 Å². The molecule has 1 aromatic carbocycles. The van der Waals surface area contributed by atoms with Crippen LogP contribution in [0.4, 0.5) is 5.82 Å². The first-order valence-corrected chi connectivity index (χ1v) is 7.16. The number of ether oxygens (including phenoxy) is 1. The van der Waals surface area contributed by atoms with Gasteiger partial charge in [-0.15, -0.1) is 0 Å². The van der Waals surface area contributed by atoms with Crippen molar-refractivity contribution in [3.05, 3.63) is 53.2 Å². The zero-order valence-corrected chi connectivity index (χ0v) is 12.1. The molecule has 0 spiro atoms. The van der Waals surface area contributed by atoms with Gasteiger partial charge in [0.2, 0.25) is 0 Å². The first kappa shape index (κ1) is 13.7. The number of aromatic nitrogens is 1. The molecular formula is C16H14ClN3O. The van der Waals surface area contributed by atoms with E-state index in [-0.39, 0.29) is 6.10 Å². The number of rotatable bonds is 3. The molecule has 106 valence electrons. The molecule has 1 aliphatic rings. The largest absolute Gasteiger partial charge is 0.488 e. The Morgan fingerprint density at radius 1 is 1.33 bits per heavy atom. The van der Waals surface area contributed by atoms with Gasteiger partial charge in [-0.2, -0.15) is 5.26 Å². The smallest absolute Gasteiger partial charge is 0.146 e. The van der Waals surface area contributed by atoms with Crippen molar-refractivity contribution in [2.24, 2.45) is 0 Å². The van der Waals surface area contributed by atoms with Gasteiger partial charge in [0.25, 0.3) is 0 Å². The molecule has 0 saturated carbocycles. The summed E-state index contributed by atoms with van der Waals surface area (Å²) in [5.41, 5.74) is 0.598. The van der Waals surface area contributed by atoms with Crippen LogP contribution >= 0.6 is 11.6 Å². The van der Waals surface area contributed by atoms with Gasteiger partial charge in [0, 0.05) is 24.2 Å². The standard InChI is InChI=1S/C16H14ClN3O/c17-13-4-1-5-14(9-13)21-15-6-8-20(11-15)16-12(10-18)3-2-7-19-16/h1-5,7,9,15H,6,8,11H2. The molecular weight excluding hydrogens is 286 g/mol. The molecule has 2 heterocycles. The molecule has 0 bridgehead atoms. The summed E-state index contributed by atoms with van der Waals surface area (Å²) >= 11 is 5.96. The quantitative estimate of drug-likeness (QED) is 0.873. The first-order valence-electron chi connectivity index (χ1n) is 6.78. The minimum atomic E-state index is 0.0806. The third kappa shape index (κ3) is 3.09. The molecule has 1 atom stereocenters. The predicted octanol–water partition coefficient (Wildman–Crippen LogP) is 3.26. The number of hydrogen-bond donors (Lipinski definition) is 0. The number of benzene rings is 1. The number of nitrogens with zero attached hydrogens (tertiary/aromatic N) is 3. The van der Waals surface area contributed by atoms with Crippen LogP contribution in [0.1, 0.15) is 12.0 Å². The molecule has 1 fully saturated rings. The van der Waals surface area contributed by atoms with Gasteiger partial charge in [-0.1, -0.05) is 17.7 Å². The van der Waals surface area contributed by atoms with Crippen molar-refractivity contribution < 1.29 is 4.74 Å². The average molecular weight is 300 g/mol. The topological polar surface area (TPSA) is 49.2 Å². The number of nitriles is 1. The molecule has 0 amide bonds. The molecule has 4 nitrogen and oxygen atoms in total. The zero-order valence-electron chi connectivity index (χ0n) is 11.4. The fraction of sp³-hybridized carbons (Fsp3) is 0.250.